The van der Waals surface area contributed by atoms with E-state index in [1.165, 1.54) is 6.92 Å². The molecular formula is C15H22N2O4. The molecule has 0 aliphatic rings. The van der Waals surface area contributed by atoms with Gasteiger partial charge in [-0.05, 0) is 32.9 Å². The summed E-state index contributed by atoms with van der Waals surface area (Å²) in [5, 5.41) is 5.27. The highest BCUT2D eigenvalue weighted by molar-refractivity contribution is 5.90. The first-order valence-corrected chi connectivity index (χ1v) is 6.74. The molecule has 0 aromatic heterocycles. The Morgan fingerprint density at radius 1 is 1.19 bits per heavy atom. The van der Waals surface area contributed by atoms with E-state index in [2.05, 4.69) is 10.6 Å². The lowest BCUT2D eigenvalue weighted by molar-refractivity contribution is -0.114. The zero-order valence-electron chi connectivity index (χ0n) is 12.9. The predicted octanol–water partition coefficient (Wildman–Crippen LogP) is 2.55. The van der Waals surface area contributed by atoms with Gasteiger partial charge in [0.05, 0.1) is 12.2 Å². The van der Waals surface area contributed by atoms with E-state index in [4.69, 9.17) is 9.47 Å². The molecule has 1 rings (SSSR count). The number of rotatable bonds is 5. The fourth-order valence-corrected chi connectivity index (χ4v) is 1.51. The highest BCUT2D eigenvalue weighted by Crippen LogP contribution is 2.23. The summed E-state index contributed by atoms with van der Waals surface area (Å²) in [6, 6.07) is 7.11. The second-order valence-corrected chi connectivity index (χ2v) is 5.45. The summed E-state index contributed by atoms with van der Waals surface area (Å²) in [6.45, 7) is 7.41. The van der Waals surface area contributed by atoms with Crippen LogP contribution in [0.4, 0.5) is 10.5 Å². The molecular weight excluding hydrogens is 272 g/mol. The molecule has 21 heavy (non-hydrogen) atoms. The maximum absolute atomic E-state index is 11.4. The number of benzene rings is 1. The minimum Gasteiger partial charge on any atom is -0.490 e. The first kappa shape index (κ1) is 16.8. The van der Waals surface area contributed by atoms with Crippen LogP contribution in [0.2, 0.25) is 0 Å². The van der Waals surface area contributed by atoms with E-state index in [1.54, 1.807) is 39.0 Å². The van der Waals surface area contributed by atoms with Gasteiger partial charge in [0.1, 0.15) is 18.0 Å². The van der Waals surface area contributed by atoms with E-state index >= 15 is 0 Å². The third kappa shape index (κ3) is 7.20. The summed E-state index contributed by atoms with van der Waals surface area (Å²) in [5.74, 6) is 0.386. The van der Waals surface area contributed by atoms with Crippen LogP contribution in [-0.2, 0) is 9.53 Å². The van der Waals surface area contributed by atoms with Crippen LogP contribution in [0.25, 0.3) is 0 Å². The lowest BCUT2D eigenvalue weighted by atomic mass is 10.2. The van der Waals surface area contributed by atoms with Crippen LogP contribution in [0.5, 0.6) is 5.75 Å². The molecule has 116 valence electrons. The molecule has 1 aromatic rings. The lowest BCUT2D eigenvalue weighted by Gasteiger charge is -2.19. The molecule has 0 spiro atoms. The van der Waals surface area contributed by atoms with Crippen molar-refractivity contribution in [2.45, 2.75) is 33.3 Å². The van der Waals surface area contributed by atoms with E-state index in [0.717, 1.165) is 0 Å². The quantitative estimate of drug-likeness (QED) is 0.818. The maximum Gasteiger partial charge on any atom is 0.407 e. The van der Waals surface area contributed by atoms with Crippen LogP contribution in [-0.4, -0.2) is 30.8 Å². The van der Waals surface area contributed by atoms with Gasteiger partial charge in [-0.1, -0.05) is 12.1 Å². The van der Waals surface area contributed by atoms with Gasteiger partial charge in [0.15, 0.2) is 0 Å². The zero-order valence-corrected chi connectivity index (χ0v) is 12.9. The number of anilines is 1. The minimum absolute atomic E-state index is 0.169. The molecule has 2 N–H and O–H groups in total. The molecule has 6 heteroatoms. The second kappa shape index (κ2) is 7.52. The van der Waals surface area contributed by atoms with Crippen LogP contribution in [0, 0.1) is 0 Å². The molecule has 0 atom stereocenters. The second-order valence-electron chi connectivity index (χ2n) is 5.45. The topological polar surface area (TPSA) is 76.7 Å². The first-order chi connectivity index (χ1) is 9.78. The molecule has 0 saturated carbocycles. The van der Waals surface area contributed by atoms with Gasteiger partial charge in [0, 0.05) is 6.92 Å². The van der Waals surface area contributed by atoms with Crippen LogP contribution in [0.15, 0.2) is 24.3 Å². The van der Waals surface area contributed by atoms with Crippen molar-refractivity contribution in [2.75, 3.05) is 18.5 Å². The molecule has 0 fully saturated rings. The molecule has 0 unspecified atom stereocenters. The van der Waals surface area contributed by atoms with Crippen molar-refractivity contribution in [1.29, 1.82) is 0 Å². The molecule has 0 radical (unpaired) electrons. The van der Waals surface area contributed by atoms with Gasteiger partial charge in [-0.3, -0.25) is 4.79 Å². The molecule has 2 amide bonds. The van der Waals surface area contributed by atoms with E-state index in [1.807, 2.05) is 6.07 Å². The number of carbonyl (C=O) groups is 2. The van der Waals surface area contributed by atoms with Crippen LogP contribution < -0.4 is 15.4 Å². The van der Waals surface area contributed by atoms with Crippen LogP contribution in [0.1, 0.15) is 27.7 Å². The normalized spacial score (nSPS) is 10.7. The van der Waals surface area contributed by atoms with E-state index in [0.29, 0.717) is 18.0 Å². The number of amides is 2. The van der Waals surface area contributed by atoms with Gasteiger partial charge in [0.25, 0.3) is 0 Å². The van der Waals surface area contributed by atoms with Crippen molar-refractivity contribution in [1.82, 2.24) is 5.32 Å². The third-order valence-corrected chi connectivity index (χ3v) is 2.23. The summed E-state index contributed by atoms with van der Waals surface area (Å²) in [5.41, 5.74) is 0.0745. The summed E-state index contributed by atoms with van der Waals surface area (Å²) >= 11 is 0. The number of hydrogen-bond acceptors (Lipinski definition) is 4. The number of ether oxygens (including phenoxy) is 2. The largest absolute Gasteiger partial charge is 0.490 e. The Hall–Kier alpha value is -2.24. The van der Waals surface area contributed by atoms with Gasteiger partial charge in [-0.15, -0.1) is 0 Å². The van der Waals surface area contributed by atoms with Crippen molar-refractivity contribution in [2.24, 2.45) is 0 Å². The smallest absolute Gasteiger partial charge is 0.407 e. The van der Waals surface area contributed by atoms with Gasteiger partial charge in [0.2, 0.25) is 5.91 Å². The number of hydrogen-bond donors (Lipinski definition) is 2. The van der Waals surface area contributed by atoms with Crippen LogP contribution >= 0.6 is 0 Å². The Kier molecular flexibility index (Phi) is 6.02. The number of nitrogens with one attached hydrogen (secondary N) is 2. The van der Waals surface area contributed by atoms with Gasteiger partial charge < -0.3 is 20.1 Å². The third-order valence-electron chi connectivity index (χ3n) is 2.23. The fourth-order valence-electron chi connectivity index (χ4n) is 1.51. The molecule has 1 aromatic carbocycles. The average Bonchev–Trinajstić information content (AvgIpc) is 2.33. The van der Waals surface area contributed by atoms with Crippen molar-refractivity contribution in [3.63, 3.8) is 0 Å². The maximum atomic E-state index is 11.4. The molecule has 0 bridgehead atoms. The van der Waals surface area contributed by atoms with Gasteiger partial charge in [-0.2, -0.15) is 0 Å². The molecule has 0 saturated heterocycles. The Morgan fingerprint density at radius 2 is 1.86 bits per heavy atom. The van der Waals surface area contributed by atoms with Gasteiger partial charge in [-0.25, -0.2) is 4.79 Å². The number of carbonyl (C=O) groups excluding carboxylic acids is 2. The minimum atomic E-state index is -0.525. The summed E-state index contributed by atoms with van der Waals surface area (Å²) in [7, 11) is 0. The van der Waals surface area contributed by atoms with Crippen molar-refractivity contribution >= 4 is 17.7 Å². The first-order valence-electron chi connectivity index (χ1n) is 6.74. The predicted molar refractivity (Wildman–Crippen MR) is 80.5 cm³/mol. The zero-order chi connectivity index (χ0) is 15.9. The molecule has 0 heterocycles. The molecule has 0 aliphatic carbocycles. The van der Waals surface area contributed by atoms with E-state index < -0.39 is 11.7 Å². The fraction of sp³-hybridized carbons (Fsp3) is 0.467. The average molecular weight is 294 g/mol. The summed E-state index contributed by atoms with van der Waals surface area (Å²) in [4.78, 5) is 22.5. The Balaban J connectivity index is 2.39. The van der Waals surface area contributed by atoms with Crippen molar-refractivity contribution in [3.05, 3.63) is 24.3 Å². The Labute approximate surface area is 124 Å². The lowest BCUT2D eigenvalue weighted by Crippen LogP contribution is -2.34. The SMILES string of the molecule is CC(=O)Nc1ccccc1OCCNC(=O)OC(C)(C)C. The molecule has 6 nitrogen and oxygen atoms in total. The van der Waals surface area contributed by atoms with Crippen LogP contribution in [0.3, 0.4) is 0 Å². The monoisotopic (exact) mass is 294 g/mol. The standard InChI is InChI=1S/C15H22N2O4/c1-11(18)17-12-7-5-6-8-13(12)20-10-9-16-14(19)21-15(2,3)4/h5-8H,9-10H2,1-4H3,(H,16,19)(H,17,18). The van der Waals surface area contributed by atoms with E-state index in [-0.39, 0.29) is 12.5 Å². The highest BCUT2D eigenvalue weighted by Gasteiger charge is 2.15. The summed E-state index contributed by atoms with van der Waals surface area (Å²) < 4.78 is 10.6. The summed E-state index contributed by atoms with van der Waals surface area (Å²) in [6.07, 6.45) is -0.485. The van der Waals surface area contributed by atoms with Gasteiger partial charge >= 0.3 is 6.09 Å². The Bertz CT molecular complexity index is 495. The van der Waals surface area contributed by atoms with E-state index in [9.17, 15) is 9.59 Å². The van der Waals surface area contributed by atoms with Crippen molar-refractivity contribution in [3.8, 4) is 5.75 Å². The molecule has 0 aliphatic heterocycles. The number of para-hydroxylation sites is 2. The Morgan fingerprint density at radius 3 is 2.48 bits per heavy atom. The van der Waals surface area contributed by atoms with Crippen molar-refractivity contribution < 1.29 is 19.1 Å². The highest BCUT2D eigenvalue weighted by atomic mass is 16.6. The number of alkyl carbamates (subject to hydrolysis) is 1.